The first-order valence-corrected chi connectivity index (χ1v) is 4.08. The Balaban J connectivity index is 2.56. The van der Waals surface area contributed by atoms with E-state index >= 15 is 0 Å². The molecular formula is C9H14O2. The van der Waals surface area contributed by atoms with Gasteiger partial charge in [-0.3, -0.25) is 4.79 Å². The molecule has 1 heterocycles. The van der Waals surface area contributed by atoms with Crippen molar-refractivity contribution in [2.75, 3.05) is 6.61 Å². The first-order chi connectivity index (χ1) is 5.29. The Labute approximate surface area is 67.2 Å². The number of ether oxygens (including phenoxy) is 1. The van der Waals surface area contributed by atoms with Crippen LogP contribution in [-0.2, 0) is 9.53 Å². The van der Waals surface area contributed by atoms with Crippen LogP contribution in [0, 0.1) is 11.8 Å². The molecule has 0 amide bonds. The molecule has 0 aromatic heterocycles. The van der Waals surface area contributed by atoms with Gasteiger partial charge in [0.25, 0.3) is 0 Å². The predicted octanol–water partition coefficient (Wildman–Crippen LogP) is 1.76. The molecule has 1 aliphatic rings. The number of carbonyl (C=O) groups excluding carboxylic acids is 1. The summed E-state index contributed by atoms with van der Waals surface area (Å²) in [6, 6.07) is 0. The Morgan fingerprint density at radius 3 is 3.00 bits per heavy atom. The van der Waals surface area contributed by atoms with Gasteiger partial charge < -0.3 is 4.74 Å². The smallest absolute Gasteiger partial charge is 0.309 e. The summed E-state index contributed by atoms with van der Waals surface area (Å²) in [6.45, 7) is 6.36. The number of cyclic esters (lactones) is 1. The van der Waals surface area contributed by atoms with Gasteiger partial charge in [0.2, 0.25) is 0 Å². The van der Waals surface area contributed by atoms with E-state index in [-0.39, 0.29) is 11.9 Å². The highest BCUT2D eigenvalue weighted by Gasteiger charge is 2.31. The van der Waals surface area contributed by atoms with Crippen LogP contribution in [0.4, 0.5) is 0 Å². The van der Waals surface area contributed by atoms with Crippen molar-refractivity contribution >= 4 is 5.97 Å². The zero-order chi connectivity index (χ0) is 8.27. The molecule has 1 saturated heterocycles. The molecule has 2 heteroatoms. The molecule has 0 spiro atoms. The average Bonchev–Trinajstić information content (AvgIpc) is 2.40. The standard InChI is InChI=1S/C9H14O2/c1-3-7(4-2)8-5-6-11-9(8)10/h3,7-8H,1,4-6H2,2H3/t7?,8-/m1/s1. The van der Waals surface area contributed by atoms with Crippen LogP contribution in [0.25, 0.3) is 0 Å². The van der Waals surface area contributed by atoms with Crippen molar-refractivity contribution in [2.24, 2.45) is 11.8 Å². The third-order valence-corrected chi connectivity index (χ3v) is 2.27. The van der Waals surface area contributed by atoms with E-state index in [2.05, 4.69) is 13.5 Å². The topological polar surface area (TPSA) is 26.3 Å². The zero-order valence-corrected chi connectivity index (χ0v) is 6.88. The third kappa shape index (κ3) is 1.62. The van der Waals surface area contributed by atoms with Gasteiger partial charge >= 0.3 is 5.97 Å². The molecule has 0 radical (unpaired) electrons. The molecule has 1 aliphatic heterocycles. The van der Waals surface area contributed by atoms with Crippen LogP contribution in [-0.4, -0.2) is 12.6 Å². The van der Waals surface area contributed by atoms with E-state index in [1.807, 2.05) is 6.08 Å². The number of hydrogen-bond donors (Lipinski definition) is 0. The van der Waals surface area contributed by atoms with Gasteiger partial charge in [0, 0.05) is 0 Å². The van der Waals surface area contributed by atoms with Gasteiger partial charge in [0.05, 0.1) is 12.5 Å². The molecule has 0 aromatic rings. The van der Waals surface area contributed by atoms with Crippen LogP contribution in [0.3, 0.4) is 0 Å². The van der Waals surface area contributed by atoms with Crippen molar-refractivity contribution in [1.82, 2.24) is 0 Å². The first-order valence-electron chi connectivity index (χ1n) is 4.08. The normalized spacial score (nSPS) is 26.3. The average molecular weight is 154 g/mol. The summed E-state index contributed by atoms with van der Waals surface area (Å²) in [6.07, 6.45) is 3.70. The predicted molar refractivity (Wildman–Crippen MR) is 43.0 cm³/mol. The molecule has 0 aromatic carbocycles. The Kier molecular flexibility index (Phi) is 2.69. The molecule has 0 N–H and O–H groups in total. The molecule has 1 fully saturated rings. The Bertz CT molecular complexity index is 163. The molecule has 11 heavy (non-hydrogen) atoms. The summed E-state index contributed by atoms with van der Waals surface area (Å²) >= 11 is 0. The van der Waals surface area contributed by atoms with Crippen LogP contribution < -0.4 is 0 Å². The highest BCUT2D eigenvalue weighted by Crippen LogP contribution is 2.26. The van der Waals surface area contributed by atoms with Crippen molar-refractivity contribution in [2.45, 2.75) is 19.8 Å². The Morgan fingerprint density at radius 2 is 2.64 bits per heavy atom. The van der Waals surface area contributed by atoms with Crippen molar-refractivity contribution in [3.63, 3.8) is 0 Å². The summed E-state index contributed by atoms with van der Waals surface area (Å²) in [7, 11) is 0. The number of carbonyl (C=O) groups is 1. The van der Waals surface area contributed by atoms with Crippen LogP contribution in [0.1, 0.15) is 19.8 Å². The van der Waals surface area contributed by atoms with Gasteiger partial charge in [-0.05, 0) is 18.8 Å². The zero-order valence-electron chi connectivity index (χ0n) is 6.88. The van der Waals surface area contributed by atoms with E-state index in [0.717, 1.165) is 12.8 Å². The number of hydrogen-bond acceptors (Lipinski definition) is 2. The maximum Gasteiger partial charge on any atom is 0.309 e. The minimum Gasteiger partial charge on any atom is -0.465 e. The van der Waals surface area contributed by atoms with Crippen molar-refractivity contribution < 1.29 is 9.53 Å². The molecule has 0 saturated carbocycles. The Hall–Kier alpha value is -0.790. The van der Waals surface area contributed by atoms with Gasteiger partial charge in [-0.15, -0.1) is 6.58 Å². The van der Waals surface area contributed by atoms with Crippen molar-refractivity contribution in [1.29, 1.82) is 0 Å². The summed E-state index contributed by atoms with van der Waals surface area (Å²) < 4.78 is 4.86. The van der Waals surface area contributed by atoms with E-state index in [1.165, 1.54) is 0 Å². The third-order valence-electron chi connectivity index (χ3n) is 2.27. The maximum atomic E-state index is 11.1. The maximum absolute atomic E-state index is 11.1. The minimum atomic E-state index is -0.0447. The van der Waals surface area contributed by atoms with Crippen LogP contribution in [0.5, 0.6) is 0 Å². The lowest BCUT2D eigenvalue weighted by Crippen LogP contribution is -2.16. The highest BCUT2D eigenvalue weighted by molar-refractivity contribution is 5.74. The highest BCUT2D eigenvalue weighted by atomic mass is 16.5. The number of esters is 1. The SMILES string of the molecule is C=CC(CC)[C@H]1CCOC1=O. The molecule has 0 aliphatic carbocycles. The van der Waals surface area contributed by atoms with Crippen LogP contribution in [0.15, 0.2) is 12.7 Å². The summed E-state index contributed by atoms with van der Waals surface area (Å²) in [5.41, 5.74) is 0. The molecule has 1 rings (SSSR count). The largest absolute Gasteiger partial charge is 0.465 e. The second-order valence-corrected chi connectivity index (χ2v) is 2.87. The summed E-state index contributed by atoms with van der Waals surface area (Å²) in [4.78, 5) is 11.1. The van der Waals surface area contributed by atoms with E-state index < -0.39 is 0 Å². The fourth-order valence-electron chi connectivity index (χ4n) is 1.52. The van der Waals surface area contributed by atoms with Gasteiger partial charge in [-0.1, -0.05) is 13.0 Å². The van der Waals surface area contributed by atoms with Crippen LogP contribution >= 0.6 is 0 Å². The molecule has 1 unspecified atom stereocenters. The molecule has 2 nitrogen and oxygen atoms in total. The fourth-order valence-corrected chi connectivity index (χ4v) is 1.52. The lowest BCUT2D eigenvalue weighted by atomic mass is 9.89. The fraction of sp³-hybridized carbons (Fsp3) is 0.667. The van der Waals surface area contributed by atoms with E-state index in [9.17, 15) is 4.79 Å². The first kappa shape index (κ1) is 8.31. The molecule has 0 bridgehead atoms. The van der Waals surface area contributed by atoms with Gasteiger partial charge in [0.1, 0.15) is 0 Å². The number of allylic oxidation sites excluding steroid dienone is 1. The Morgan fingerprint density at radius 1 is 1.91 bits per heavy atom. The second-order valence-electron chi connectivity index (χ2n) is 2.87. The van der Waals surface area contributed by atoms with Gasteiger partial charge in [0.15, 0.2) is 0 Å². The molecule has 2 atom stereocenters. The number of rotatable bonds is 3. The lowest BCUT2D eigenvalue weighted by Gasteiger charge is -2.13. The van der Waals surface area contributed by atoms with E-state index in [0.29, 0.717) is 12.5 Å². The lowest BCUT2D eigenvalue weighted by molar-refractivity contribution is -0.142. The van der Waals surface area contributed by atoms with E-state index in [4.69, 9.17) is 4.74 Å². The van der Waals surface area contributed by atoms with Gasteiger partial charge in [-0.2, -0.15) is 0 Å². The van der Waals surface area contributed by atoms with Crippen LogP contribution in [0.2, 0.25) is 0 Å². The van der Waals surface area contributed by atoms with Crippen molar-refractivity contribution in [3.05, 3.63) is 12.7 Å². The minimum absolute atomic E-state index is 0.0447. The monoisotopic (exact) mass is 154 g/mol. The quantitative estimate of drug-likeness (QED) is 0.457. The summed E-state index contributed by atoms with van der Waals surface area (Å²) in [5, 5.41) is 0. The van der Waals surface area contributed by atoms with Crippen molar-refractivity contribution in [3.8, 4) is 0 Å². The summed E-state index contributed by atoms with van der Waals surface area (Å²) in [5.74, 6) is 0.347. The molecular weight excluding hydrogens is 140 g/mol. The van der Waals surface area contributed by atoms with Gasteiger partial charge in [-0.25, -0.2) is 0 Å². The second kappa shape index (κ2) is 3.56. The molecule has 62 valence electrons. The van der Waals surface area contributed by atoms with E-state index in [1.54, 1.807) is 0 Å².